The van der Waals surface area contributed by atoms with Crippen LogP contribution in [0, 0.1) is 5.82 Å². The molecule has 2 aliphatic rings. The second kappa shape index (κ2) is 15.3. The van der Waals surface area contributed by atoms with Gasteiger partial charge >= 0.3 is 205 Å². The van der Waals surface area contributed by atoms with E-state index in [2.05, 4.69) is 45.1 Å². The molecule has 0 saturated heterocycles. The Hall–Kier alpha value is -2.22. The summed E-state index contributed by atoms with van der Waals surface area (Å²) in [6.07, 6.45) is 7.63. The van der Waals surface area contributed by atoms with Crippen LogP contribution < -0.4 is 8.85 Å². The molecule has 1 atom stereocenters. The number of aryl methyl sites for hydroxylation is 1. The first kappa shape index (κ1) is 29.3. The summed E-state index contributed by atoms with van der Waals surface area (Å²) in [6, 6.07) is 23.3. The Morgan fingerprint density at radius 2 is 1.68 bits per heavy atom. The summed E-state index contributed by atoms with van der Waals surface area (Å²) in [5, 5.41) is 3.86. The van der Waals surface area contributed by atoms with Gasteiger partial charge in [0.2, 0.25) is 0 Å². The average Bonchev–Trinajstić information content (AvgIpc) is 2.92. The molecule has 200 valence electrons. The third kappa shape index (κ3) is 8.13. The Kier molecular flexibility index (Phi) is 12.1. The van der Waals surface area contributed by atoms with Gasteiger partial charge in [-0.3, -0.25) is 0 Å². The zero-order valence-corrected chi connectivity index (χ0v) is 24.7. The number of halogens is 2. The quantitative estimate of drug-likeness (QED) is 0.115. The van der Waals surface area contributed by atoms with Crippen molar-refractivity contribution in [3.8, 4) is 11.1 Å². The predicted octanol–water partition coefficient (Wildman–Crippen LogP) is 9.44. The first-order chi connectivity index (χ1) is 18.2. The molecule has 0 heterocycles. The molecule has 1 unspecified atom stereocenters. The topological polar surface area (TPSA) is 33.3 Å². The molecule has 0 amide bonds. The van der Waals surface area contributed by atoms with Crippen molar-refractivity contribution >= 4 is 26.2 Å². The number of hydrogen-bond acceptors (Lipinski definition) is 3. The van der Waals surface area contributed by atoms with Crippen LogP contribution in [0.4, 0.5) is 10.1 Å². The van der Waals surface area contributed by atoms with Gasteiger partial charge in [-0.15, -0.1) is 13.2 Å². The van der Waals surface area contributed by atoms with E-state index in [0.29, 0.717) is 24.3 Å². The van der Waals surface area contributed by atoms with Crippen molar-refractivity contribution in [1.82, 2.24) is 5.32 Å². The Bertz CT molecular complexity index is 1100. The van der Waals surface area contributed by atoms with Crippen LogP contribution in [0.2, 0.25) is 0 Å². The second-order valence-corrected chi connectivity index (χ2v) is 12.7. The van der Waals surface area contributed by atoms with E-state index in [0.717, 1.165) is 23.2 Å². The van der Waals surface area contributed by atoms with Gasteiger partial charge in [0.1, 0.15) is 0 Å². The van der Waals surface area contributed by atoms with Gasteiger partial charge < -0.3 is 0 Å². The fraction of sp³-hybridized carbons (Fsp3) is 0.375. The van der Waals surface area contributed by atoms with Gasteiger partial charge in [0.25, 0.3) is 0 Å². The Balaban J connectivity index is 0.000000907. The van der Waals surface area contributed by atoms with Gasteiger partial charge in [0.15, 0.2) is 0 Å². The summed E-state index contributed by atoms with van der Waals surface area (Å²) in [7, 11) is 0. The van der Waals surface area contributed by atoms with Gasteiger partial charge in [0, 0.05) is 0 Å². The SMILES string of the molecule is C=C.CC.CI(Nc1ccc2c(c1)CCCC2NC1CCC1)OCc1ccc(-c2ccccc2)cc1F. The molecule has 2 N–H and O–H groups in total. The molecule has 3 aromatic rings. The van der Waals surface area contributed by atoms with Gasteiger partial charge in [-0.25, -0.2) is 0 Å². The molecule has 5 rings (SSSR count). The Morgan fingerprint density at radius 1 is 0.919 bits per heavy atom. The third-order valence-corrected chi connectivity index (χ3v) is 9.40. The van der Waals surface area contributed by atoms with E-state index in [1.807, 2.05) is 56.3 Å². The van der Waals surface area contributed by atoms with Crippen LogP contribution in [0.3, 0.4) is 0 Å². The van der Waals surface area contributed by atoms with E-state index in [1.54, 1.807) is 6.07 Å². The first-order valence-corrected chi connectivity index (χ1v) is 17.5. The van der Waals surface area contributed by atoms with Crippen LogP contribution in [0.25, 0.3) is 11.1 Å². The van der Waals surface area contributed by atoms with Gasteiger partial charge in [-0.05, 0) is 0 Å². The molecular weight excluding hydrogens is 574 g/mol. The third-order valence-electron chi connectivity index (χ3n) is 6.78. The number of alkyl halides is 1. The van der Waals surface area contributed by atoms with Gasteiger partial charge in [-0.1, -0.05) is 13.8 Å². The molecular formula is C32H42FIN2O. The summed E-state index contributed by atoms with van der Waals surface area (Å²) < 4.78 is 24.3. The number of anilines is 1. The van der Waals surface area contributed by atoms with E-state index in [1.165, 1.54) is 43.2 Å². The van der Waals surface area contributed by atoms with Crippen molar-refractivity contribution < 1.29 is 7.46 Å². The molecule has 2 aliphatic carbocycles. The van der Waals surface area contributed by atoms with Gasteiger partial charge in [-0.2, -0.15) is 0 Å². The average molecular weight is 617 g/mol. The van der Waals surface area contributed by atoms with Crippen molar-refractivity contribution in [2.45, 2.75) is 71.1 Å². The van der Waals surface area contributed by atoms with Crippen LogP contribution >= 0.6 is 20.5 Å². The molecule has 0 radical (unpaired) electrons. The van der Waals surface area contributed by atoms with Gasteiger partial charge in [0.05, 0.1) is 0 Å². The fourth-order valence-corrected chi connectivity index (χ4v) is 6.87. The van der Waals surface area contributed by atoms with Crippen LogP contribution in [-0.4, -0.2) is 11.0 Å². The van der Waals surface area contributed by atoms with E-state index in [4.69, 9.17) is 3.07 Å². The standard InChI is InChI=1S/C28H32FIN2O.C2H6.C2H4/c1-30(33-19-23-14-13-21(18-27(23)29)20-7-3-2-4-8-20)32-25-15-16-26-22(17-25)9-5-12-28(26)31-24-10-6-11-24;2*1-2/h2-4,7-8,13-18,24,28,31-32H,5-6,9-12,19H2,1H3;1-2H3;1-2H2. The molecule has 3 nitrogen and oxygen atoms in total. The van der Waals surface area contributed by atoms with E-state index < -0.39 is 20.5 Å². The monoisotopic (exact) mass is 616 g/mol. The van der Waals surface area contributed by atoms with Crippen molar-refractivity contribution in [2.24, 2.45) is 0 Å². The maximum atomic E-state index is 14.7. The number of fused-ring (bicyclic) bond motifs is 1. The Morgan fingerprint density at radius 3 is 2.35 bits per heavy atom. The zero-order chi connectivity index (χ0) is 26.6. The van der Waals surface area contributed by atoms with Crippen LogP contribution in [-0.2, 0) is 16.1 Å². The van der Waals surface area contributed by atoms with Crippen LogP contribution in [0.1, 0.15) is 68.7 Å². The number of hydrogen-bond donors (Lipinski definition) is 2. The fourth-order valence-electron chi connectivity index (χ4n) is 4.70. The predicted molar refractivity (Wildman–Crippen MR) is 166 cm³/mol. The van der Waals surface area contributed by atoms with Crippen LogP contribution in [0.15, 0.2) is 79.9 Å². The molecule has 37 heavy (non-hydrogen) atoms. The van der Waals surface area contributed by atoms with E-state index in [-0.39, 0.29) is 5.82 Å². The number of benzene rings is 3. The number of nitrogens with one attached hydrogen (secondary N) is 2. The molecule has 0 spiro atoms. The van der Waals surface area contributed by atoms with Crippen molar-refractivity contribution in [1.29, 1.82) is 0 Å². The second-order valence-electron chi connectivity index (χ2n) is 9.09. The Labute approximate surface area is 231 Å². The molecule has 3 aromatic carbocycles. The van der Waals surface area contributed by atoms with Crippen molar-refractivity contribution in [2.75, 3.05) is 8.46 Å². The van der Waals surface area contributed by atoms with E-state index >= 15 is 0 Å². The summed E-state index contributed by atoms with van der Waals surface area (Å²) in [5.74, 6) is -0.209. The van der Waals surface area contributed by atoms with Crippen molar-refractivity contribution in [3.05, 3.63) is 102 Å². The summed E-state index contributed by atoms with van der Waals surface area (Å²) >= 11 is -1.89. The van der Waals surface area contributed by atoms with Crippen LogP contribution in [0.5, 0.6) is 0 Å². The summed E-state index contributed by atoms with van der Waals surface area (Å²) in [4.78, 5) is 2.13. The molecule has 5 heteroatoms. The minimum atomic E-state index is -1.89. The van der Waals surface area contributed by atoms with Crippen molar-refractivity contribution in [3.63, 3.8) is 0 Å². The molecule has 0 bridgehead atoms. The molecule has 1 fully saturated rings. The summed E-state index contributed by atoms with van der Waals surface area (Å²) in [6.45, 7) is 10.3. The normalized spacial score (nSPS) is 16.6. The summed E-state index contributed by atoms with van der Waals surface area (Å²) in [5.41, 5.74) is 6.57. The minimum absolute atomic E-state index is 0.209. The maximum absolute atomic E-state index is 14.7. The number of rotatable bonds is 8. The molecule has 0 aromatic heterocycles. The van der Waals surface area contributed by atoms with E-state index in [9.17, 15) is 4.39 Å². The molecule has 1 saturated carbocycles. The first-order valence-electron chi connectivity index (χ1n) is 13.4. The zero-order valence-electron chi connectivity index (χ0n) is 22.5. The molecule has 0 aliphatic heterocycles.